The Labute approximate surface area is 300 Å². The molecule has 0 bridgehead atoms. The van der Waals surface area contributed by atoms with E-state index >= 15 is 0 Å². The molecule has 2 aliphatic rings. The molecule has 2 nitrogen and oxygen atoms in total. The van der Waals surface area contributed by atoms with E-state index in [2.05, 4.69) is 188 Å². The van der Waals surface area contributed by atoms with Crippen molar-refractivity contribution in [3.8, 4) is 11.1 Å². The molecule has 7 aromatic rings. The second-order valence-electron chi connectivity index (χ2n) is 13.2. The van der Waals surface area contributed by atoms with Gasteiger partial charge in [0.2, 0.25) is 0 Å². The highest BCUT2D eigenvalue weighted by Gasteiger charge is 2.52. The summed E-state index contributed by atoms with van der Waals surface area (Å²) in [5.74, 6) is 0. The Morgan fingerprint density at radius 2 is 0.980 bits per heavy atom. The van der Waals surface area contributed by atoms with Crippen LogP contribution in [0.1, 0.15) is 40.3 Å². The summed E-state index contributed by atoms with van der Waals surface area (Å²) in [5.41, 5.74) is 16.4. The van der Waals surface area contributed by atoms with Gasteiger partial charge in [0.15, 0.2) is 0 Å². The summed E-state index contributed by atoms with van der Waals surface area (Å²) in [6.07, 6.45) is 0. The van der Waals surface area contributed by atoms with Crippen LogP contribution in [-0.2, 0) is 5.41 Å². The molecule has 2 heteroatoms. The zero-order valence-corrected chi connectivity index (χ0v) is 28.5. The number of nitrogens with zero attached hydrogens (tertiary/aromatic N) is 2. The van der Waals surface area contributed by atoms with Crippen molar-refractivity contribution in [1.82, 2.24) is 0 Å². The maximum Gasteiger partial charge on any atom is 0.0787 e. The van der Waals surface area contributed by atoms with Crippen molar-refractivity contribution in [3.63, 3.8) is 0 Å². The lowest BCUT2D eigenvalue weighted by molar-refractivity contribution is 0.729. The first-order valence-corrected chi connectivity index (χ1v) is 17.5. The van der Waals surface area contributed by atoms with Gasteiger partial charge in [-0.05, 0) is 75.7 Å². The topological polar surface area (TPSA) is 15.6 Å². The Kier molecular flexibility index (Phi) is 7.44. The van der Waals surface area contributed by atoms with Crippen LogP contribution in [0.2, 0.25) is 0 Å². The van der Waals surface area contributed by atoms with Crippen LogP contribution in [0.5, 0.6) is 0 Å². The molecule has 1 heterocycles. The van der Waals surface area contributed by atoms with Crippen molar-refractivity contribution in [2.24, 2.45) is 4.99 Å². The summed E-state index contributed by atoms with van der Waals surface area (Å²) < 4.78 is 0. The molecule has 0 saturated heterocycles. The minimum atomic E-state index is -0.538. The Bertz CT molecular complexity index is 2430. The van der Waals surface area contributed by atoms with E-state index in [0.29, 0.717) is 0 Å². The number of allylic oxidation sites excluding steroid dienone is 2. The van der Waals surface area contributed by atoms with Crippen LogP contribution in [0.25, 0.3) is 22.4 Å². The number of hydrogen-bond donors (Lipinski definition) is 0. The fourth-order valence-corrected chi connectivity index (χ4v) is 8.27. The normalized spacial score (nSPS) is 14.2. The third kappa shape index (κ3) is 4.83. The third-order valence-electron chi connectivity index (χ3n) is 10.5. The number of fused-ring (bicyclic) bond motifs is 6. The van der Waals surface area contributed by atoms with Crippen LogP contribution in [0.15, 0.2) is 205 Å². The van der Waals surface area contributed by atoms with Crippen LogP contribution in [0, 0.1) is 0 Å². The zero-order valence-electron chi connectivity index (χ0n) is 28.5. The van der Waals surface area contributed by atoms with Gasteiger partial charge in [0, 0.05) is 16.8 Å². The molecule has 0 radical (unpaired) electrons. The summed E-state index contributed by atoms with van der Waals surface area (Å²) in [7, 11) is 0. The molecule has 7 aromatic carbocycles. The number of benzene rings is 7. The Morgan fingerprint density at radius 1 is 0.490 bits per heavy atom. The van der Waals surface area contributed by atoms with Gasteiger partial charge in [-0.1, -0.05) is 170 Å². The lowest BCUT2D eigenvalue weighted by atomic mass is 9.64. The number of hydrogen-bond acceptors (Lipinski definition) is 2. The van der Waals surface area contributed by atoms with E-state index in [1.54, 1.807) is 0 Å². The smallest absolute Gasteiger partial charge is 0.0787 e. The van der Waals surface area contributed by atoms with Gasteiger partial charge in [-0.2, -0.15) is 0 Å². The van der Waals surface area contributed by atoms with Crippen molar-refractivity contribution in [3.05, 3.63) is 234 Å². The molecule has 0 saturated carbocycles. The van der Waals surface area contributed by atoms with Crippen LogP contribution < -0.4 is 4.90 Å². The van der Waals surface area contributed by atoms with Crippen molar-refractivity contribution < 1.29 is 0 Å². The molecule has 0 amide bonds. The molecule has 1 spiro atoms. The summed E-state index contributed by atoms with van der Waals surface area (Å²) >= 11 is 0. The monoisotopic (exact) mass is 652 g/mol. The van der Waals surface area contributed by atoms with Gasteiger partial charge >= 0.3 is 0 Å². The lowest BCUT2D eigenvalue weighted by Gasteiger charge is -2.45. The average molecular weight is 653 g/mol. The molecule has 242 valence electrons. The minimum absolute atomic E-state index is 0.538. The van der Waals surface area contributed by atoms with Gasteiger partial charge in [-0.15, -0.1) is 0 Å². The summed E-state index contributed by atoms with van der Waals surface area (Å²) in [6.45, 7) is 6.83. The van der Waals surface area contributed by atoms with E-state index in [1.807, 2.05) is 18.2 Å². The van der Waals surface area contributed by atoms with Gasteiger partial charge in [0.25, 0.3) is 0 Å². The van der Waals surface area contributed by atoms with Gasteiger partial charge in [-0.3, -0.25) is 0 Å². The standard InChI is InChI=1S/C49H36N2/c1-34-47(48(50-35(2)36-18-6-3-7-19-36)39-32-30-38(31-33-39)37-20-8-4-9-21-37)41-24-12-13-25-42(41)49(34)43-26-14-16-28-45(43)51(40-22-10-5-11-23-40)46-29-17-15-27-44(46)49/h3-33H,2H2,1H3/b50-48-. The van der Waals surface area contributed by atoms with E-state index in [1.165, 1.54) is 50.3 Å². The summed E-state index contributed by atoms with van der Waals surface area (Å²) in [5, 5.41) is 0. The van der Waals surface area contributed by atoms with Crippen molar-refractivity contribution in [1.29, 1.82) is 0 Å². The molecule has 1 aliphatic carbocycles. The Balaban J connectivity index is 1.33. The van der Waals surface area contributed by atoms with Crippen LogP contribution in [-0.4, -0.2) is 5.71 Å². The highest BCUT2D eigenvalue weighted by molar-refractivity contribution is 6.35. The average Bonchev–Trinajstić information content (AvgIpc) is 3.46. The predicted molar refractivity (Wildman–Crippen MR) is 214 cm³/mol. The van der Waals surface area contributed by atoms with Crippen molar-refractivity contribution in [2.45, 2.75) is 12.3 Å². The molecule has 0 unspecified atom stereocenters. The highest BCUT2D eigenvalue weighted by atomic mass is 15.2. The molecular formula is C49H36N2. The van der Waals surface area contributed by atoms with E-state index in [0.717, 1.165) is 33.8 Å². The Morgan fingerprint density at radius 3 is 1.61 bits per heavy atom. The van der Waals surface area contributed by atoms with Crippen molar-refractivity contribution in [2.75, 3.05) is 4.90 Å². The SMILES string of the molecule is C=C(/N=C(\C1=C(C)C2(c3ccccc31)c1ccccc1N(c1ccccc1)c1ccccc12)c1ccc(-c2ccccc2)cc1)c1ccccc1. The summed E-state index contributed by atoms with van der Waals surface area (Å²) in [4.78, 5) is 7.87. The predicted octanol–water partition coefficient (Wildman–Crippen LogP) is 12.4. The third-order valence-corrected chi connectivity index (χ3v) is 10.5. The van der Waals surface area contributed by atoms with Crippen LogP contribution >= 0.6 is 0 Å². The molecular weight excluding hydrogens is 617 g/mol. The van der Waals surface area contributed by atoms with Gasteiger partial charge in [0.1, 0.15) is 0 Å². The quantitative estimate of drug-likeness (QED) is 0.163. The second-order valence-corrected chi connectivity index (χ2v) is 13.2. The molecule has 0 aromatic heterocycles. The highest BCUT2D eigenvalue weighted by Crippen LogP contribution is 2.62. The largest absolute Gasteiger partial charge is 0.310 e. The minimum Gasteiger partial charge on any atom is -0.310 e. The number of anilines is 3. The number of para-hydroxylation sites is 3. The molecule has 1 aliphatic heterocycles. The molecule has 0 atom stereocenters. The molecule has 0 fully saturated rings. The molecule has 0 N–H and O–H groups in total. The molecule has 9 rings (SSSR count). The fraction of sp³-hybridized carbons (Fsp3) is 0.0408. The van der Waals surface area contributed by atoms with Gasteiger partial charge < -0.3 is 4.90 Å². The lowest BCUT2D eigenvalue weighted by Crippen LogP contribution is -2.36. The maximum absolute atomic E-state index is 5.46. The molecule has 51 heavy (non-hydrogen) atoms. The van der Waals surface area contributed by atoms with E-state index < -0.39 is 5.41 Å². The second kappa shape index (κ2) is 12.4. The van der Waals surface area contributed by atoms with Crippen molar-refractivity contribution >= 4 is 34.0 Å². The zero-order chi connectivity index (χ0) is 34.4. The summed E-state index contributed by atoms with van der Waals surface area (Å²) in [6, 6.07) is 67.1. The van der Waals surface area contributed by atoms with Gasteiger partial charge in [0.05, 0.1) is 28.2 Å². The maximum atomic E-state index is 5.46. The number of aliphatic imine (C=N–C) groups is 1. The van der Waals surface area contributed by atoms with E-state index in [-0.39, 0.29) is 0 Å². The van der Waals surface area contributed by atoms with E-state index in [4.69, 9.17) is 4.99 Å². The fourth-order valence-electron chi connectivity index (χ4n) is 8.27. The first-order chi connectivity index (χ1) is 25.2. The Hall–Kier alpha value is -6.51. The first-order valence-electron chi connectivity index (χ1n) is 17.5. The van der Waals surface area contributed by atoms with E-state index in [9.17, 15) is 0 Å². The number of rotatable bonds is 6. The van der Waals surface area contributed by atoms with Crippen LogP contribution in [0.3, 0.4) is 0 Å². The van der Waals surface area contributed by atoms with Gasteiger partial charge in [-0.25, -0.2) is 4.99 Å². The first kappa shape index (κ1) is 30.5. The van der Waals surface area contributed by atoms with Crippen LogP contribution in [0.4, 0.5) is 17.1 Å².